The molecule has 0 aliphatic carbocycles. The first kappa shape index (κ1) is 12.0. The number of aliphatic hydroxyl groups excluding tert-OH is 1. The van der Waals surface area contributed by atoms with Gasteiger partial charge in [0.2, 0.25) is 0 Å². The highest BCUT2D eigenvalue weighted by Gasteiger charge is 2.39. The molecule has 1 N–H and O–H groups in total. The third-order valence-electron chi connectivity index (χ3n) is 1.92. The van der Waals surface area contributed by atoms with Crippen LogP contribution in [0, 0.1) is 0 Å². The van der Waals surface area contributed by atoms with Gasteiger partial charge in [-0.15, -0.1) is 0 Å². The summed E-state index contributed by atoms with van der Waals surface area (Å²) in [5.74, 6) is 0. The van der Waals surface area contributed by atoms with Crippen molar-refractivity contribution in [3.8, 4) is 0 Å². The summed E-state index contributed by atoms with van der Waals surface area (Å²) >= 11 is 0. The van der Waals surface area contributed by atoms with Gasteiger partial charge in [-0.1, -0.05) is 24.3 Å². The van der Waals surface area contributed by atoms with E-state index < -0.39 is 12.3 Å². The van der Waals surface area contributed by atoms with Crippen molar-refractivity contribution in [2.75, 3.05) is 7.11 Å². The highest BCUT2D eigenvalue weighted by molar-refractivity contribution is 5.24. The fourth-order valence-electron chi connectivity index (χ4n) is 1.15. The predicted molar refractivity (Wildman–Crippen MR) is 48.2 cm³/mol. The van der Waals surface area contributed by atoms with E-state index >= 15 is 0 Å². The molecule has 0 amide bonds. The van der Waals surface area contributed by atoms with Gasteiger partial charge in [0.1, 0.15) is 0 Å². The largest absolute Gasteiger partial charge is 0.418 e. The molecule has 0 heterocycles. The Labute approximate surface area is 85.3 Å². The third kappa shape index (κ3) is 3.21. The number of benzene rings is 1. The van der Waals surface area contributed by atoms with Gasteiger partial charge in [-0.25, -0.2) is 0 Å². The second-order valence-electron chi connectivity index (χ2n) is 3.12. The van der Waals surface area contributed by atoms with Gasteiger partial charge in [0, 0.05) is 7.11 Å². The lowest BCUT2D eigenvalue weighted by atomic mass is 10.1. The van der Waals surface area contributed by atoms with Crippen LogP contribution < -0.4 is 0 Å². The lowest BCUT2D eigenvalue weighted by molar-refractivity contribution is -0.206. The number of hydrogen-bond acceptors (Lipinski definition) is 2. The maximum absolute atomic E-state index is 12.1. The van der Waals surface area contributed by atoms with Crippen molar-refractivity contribution in [2.45, 2.75) is 18.9 Å². The predicted octanol–water partition coefficient (Wildman–Crippen LogP) is 2.43. The van der Waals surface area contributed by atoms with Crippen LogP contribution in [-0.2, 0) is 11.3 Å². The fraction of sp³-hybridized carbons (Fsp3) is 0.400. The minimum Gasteiger partial charge on any atom is -0.380 e. The molecule has 1 aromatic rings. The fourth-order valence-corrected chi connectivity index (χ4v) is 1.15. The monoisotopic (exact) mass is 220 g/mol. The molecule has 0 saturated carbocycles. The normalized spacial score (nSPS) is 13.9. The minimum atomic E-state index is -4.62. The molecular formula is C10H11F3O2. The van der Waals surface area contributed by atoms with Crippen molar-refractivity contribution in [3.63, 3.8) is 0 Å². The van der Waals surface area contributed by atoms with Crippen LogP contribution in [0.3, 0.4) is 0 Å². The molecule has 15 heavy (non-hydrogen) atoms. The van der Waals surface area contributed by atoms with E-state index in [0.29, 0.717) is 6.61 Å². The van der Waals surface area contributed by atoms with Crippen LogP contribution in [0.5, 0.6) is 0 Å². The topological polar surface area (TPSA) is 29.5 Å². The van der Waals surface area contributed by atoms with Crippen molar-refractivity contribution in [3.05, 3.63) is 35.4 Å². The van der Waals surface area contributed by atoms with Crippen LogP contribution in [0.25, 0.3) is 0 Å². The van der Waals surface area contributed by atoms with Crippen LogP contribution in [0.15, 0.2) is 24.3 Å². The summed E-state index contributed by atoms with van der Waals surface area (Å²) in [5.41, 5.74) is 0.595. The van der Waals surface area contributed by atoms with E-state index in [1.165, 1.54) is 31.4 Å². The molecule has 0 spiro atoms. The molecule has 0 saturated heterocycles. The van der Waals surface area contributed by atoms with Crippen molar-refractivity contribution in [1.29, 1.82) is 0 Å². The van der Waals surface area contributed by atoms with E-state index in [4.69, 9.17) is 9.84 Å². The second kappa shape index (κ2) is 4.63. The van der Waals surface area contributed by atoms with Gasteiger partial charge in [-0.05, 0) is 11.1 Å². The quantitative estimate of drug-likeness (QED) is 0.847. The molecule has 84 valence electrons. The second-order valence-corrected chi connectivity index (χ2v) is 3.12. The van der Waals surface area contributed by atoms with E-state index in [-0.39, 0.29) is 5.56 Å². The van der Waals surface area contributed by atoms with Crippen LogP contribution in [0.2, 0.25) is 0 Å². The summed E-state index contributed by atoms with van der Waals surface area (Å²) in [7, 11) is 1.50. The van der Waals surface area contributed by atoms with Crippen LogP contribution in [0.4, 0.5) is 13.2 Å². The number of halogens is 3. The summed E-state index contributed by atoms with van der Waals surface area (Å²) in [5, 5.41) is 8.92. The highest BCUT2D eigenvalue weighted by atomic mass is 19.4. The summed E-state index contributed by atoms with van der Waals surface area (Å²) < 4.78 is 41.1. The molecule has 0 unspecified atom stereocenters. The number of alkyl halides is 3. The summed E-state index contributed by atoms with van der Waals surface area (Å²) in [6.45, 7) is 0.336. The number of hydrogen-bond donors (Lipinski definition) is 1. The maximum atomic E-state index is 12.1. The summed E-state index contributed by atoms with van der Waals surface area (Å²) in [6, 6.07) is 5.47. The molecule has 0 aliphatic heterocycles. The molecule has 0 bridgehead atoms. The molecule has 0 fully saturated rings. The summed E-state index contributed by atoms with van der Waals surface area (Å²) in [6.07, 6.45) is -7.04. The van der Waals surface area contributed by atoms with E-state index in [2.05, 4.69) is 0 Å². The molecular weight excluding hydrogens is 209 g/mol. The van der Waals surface area contributed by atoms with Crippen molar-refractivity contribution >= 4 is 0 Å². The Hall–Kier alpha value is -1.07. The van der Waals surface area contributed by atoms with Gasteiger partial charge >= 0.3 is 6.18 Å². The average Bonchev–Trinajstić information content (AvgIpc) is 2.17. The van der Waals surface area contributed by atoms with Gasteiger partial charge < -0.3 is 9.84 Å². The first-order chi connectivity index (χ1) is 6.95. The lowest BCUT2D eigenvalue weighted by Crippen LogP contribution is -2.20. The standard InChI is InChI=1S/C10H11F3O2/c1-15-6-7-2-4-8(5-3-7)9(14)10(11,12)13/h2-5,9,14H,6H2,1H3/t9-/m0/s1. The Morgan fingerprint density at radius 3 is 2.20 bits per heavy atom. The van der Waals surface area contributed by atoms with Crippen molar-refractivity contribution in [1.82, 2.24) is 0 Å². The Bertz CT molecular complexity index is 305. The first-order valence-electron chi connectivity index (χ1n) is 4.27. The van der Waals surface area contributed by atoms with E-state index in [1.807, 2.05) is 0 Å². The number of methoxy groups -OCH3 is 1. The van der Waals surface area contributed by atoms with Gasteiger partial charge in [-0.2, -0.15) is 13.2 Å². The Morgan fingerprint density at radius 2 is 1.80 bits per heavy atom. The molecule has 1 rings (SSSR count). The zero-order chi connectivity index (χ0) is 11.5. The van der Waals surface area contributed by atoms with E-state index in [1.54, 1.807) is 0 Å². The Morgan fingerprint density at radius 1 is 1.27 bits per heavy atom. The number of aliphatic hydroxyl groups is 1. The Kier molecular flexibility index (Phi) is 3.71. The molecule has 0 aliphatic rings. The van der Waals surface area contributed by atoms with Gasteiger partial charge in [0.05, 0.1) is 6.61 Å². The SMILES string of the molecule is COCc1ccc([C@H](O)C(F)(F)F)cc1. The van der Waals surface area contributed by atoms with Crippen LogP contribution >= 0.6 is 0 Å². The molecule has 0 aromatic heterocycles. The van der Waals surface area contributed by atoms with E-state index in [9.17, 15) is 13.2 Å². The molecule has 0 radical (unpaired) electrons. The molecule has 1 aromatic carbocycles. The average molecular weight is 220 g/mol. The van der Waals surface area contributed by atoms with Gasteiger partial charge in [0.25, 0.3) is 0 Å². The number of ether oxygens (including phenoxy) is 1. The van der Waals surface area contributed by atoms with E-state index in [0.717, 1.165) is 5.56 Å². The highest BCUT2D eigenvalue weighted by Crippen LogP contribution is 2.32. The zero-order valence-electron chi connectivity index (χ0n) is 8.08. The minimum absolute atomic E-state index is 0.164. The van der Waals surface area contributed by atoms with Gasteiger partial charge in [0.15, 0.2) is 6.10 Å². The molecule has 1 atom stereocenters. The number of rotatable bonds is 3. The van der Waals surface area contributed by atoms with Gasteiger partial charge in [-0.3, -0.25) is 0 Å². The summed E-state index contributed by atoms with van der Waals surface area (Å²) in [4.78, 5) is 0. The maximum Gasteiger partial charge on any atom is 0.418 e. The van der Waals surface area contributed by atoms with Crippen molar-refractivity contribution in [2.24, 2.45) is 0 Å². The lowest BCUT2D eigenvalue weighted by Gasteiger charge is -2.14. The van der Waals surface area contributed by atoms with Crippen LogP contribution in [0.1, 0.15) is 17.2 Å². The zero-order valence-corrected chi connectivity index (χ0v) is 8.08. The van der Waals surface area contributed by atoms with Crippen LogP contribution in [-0.4, -0.2) is 18.4 Å². The molecule has 2 nitrogen and oxygen atoms in total. The first-order valence-corrected chi connectivity index (χ1v) is 4.27. The molecule has 5 heteroatoms. The third-order valence-corrected chi connectivity index (χ3v) is 1.92. The smallest absolute Gasteiger partial charge is 0.380 e. The van der Waals surface area contributed by atoms with Crippen molar-refractivity contribution < 1.29 is 23.0 Å². The Balaban J connectivity index is 2.80.